The molecule has 3 rings (SSSR count). The molecule has 2 aromatic rings. The van der Waals surface area contributed by atoms with E-state index in [1.54, 1.807) is 6.07 Å². The highest BCUT2D eigenvalue weighted by Gasteiger charge is 2.19. The second-order valence-electron chi connectivity index (χ2n) is 5.92. The van der Waals surface area contributed by atoms with Crippen molar-refractivity contribution in [2.24, 2.45) is 0 Å². The Bertz CT molecular complexity index is 789. The molecule has 1 aliphatic heterocycles. The van der Waals surface area contributed by atoms with Gasteiger partial charge in [-0.05, 0) is 30.5 Å². The van der Waals surface area contributed by atoms with E-state index in [9.17, 15) is 14.9 Å². The molecule has 0 unspecified atom stereocenters. The standard InChI is InChI=1S/C18H19N3O3/c1-13-6-7-15(21(23)24)12-16(13)19-18(22)9-11-20-10-8-14-4-2-3-5-17(14)20/h2-7,12H,8-11H2,1H3,(H,19,22). The SMILES string of the molecule is Cc1ccc([N+](=O)[O-])cc1NC(=O)CCN1CCc2ccccc21. The molecule has 0 saturated heterocycles. The van der Waals surface area contributed by atoms with Crippen LogP contribution >= 0.6 is 0 Å². The molecule has 6 nitrogen and oxygen atoms in total. The van der Waals surface area contributed by atoms with E-state index in [0.29, 0.717) is 18.7 Å². The predicted molar refractivity (Wildman–Crippen MR) is 93.4 cm³/mol. The Kier molecular flexibility index (Phi) is 4.46. The first-order chi connectivity index (χ1) is 11.5. The maximum absolute atomic E-state index is 12.2. The molecule has 6 heteroatoms. The molecule has 0 radical (unpaired) electrons. The van der Waals surface area contributed by atoms with Crippen molar-refractivity contribution in [2.45, 2.75) is 19.8 Å². The number of non-ortho nitro benzene ring substituents is 1. The van der Waals surface area contributed by atoms with Crippen LogP contribution in [0.4, 0.5) is 17.1 Å². The Morgan fingerprint density at radius 3 is 2.88 bits per heavy atom. The van der Waals surface area contributed by atoms with E-state index < -0.39 is 4.92 Å². The molecule has 24 heavy (non-hydrogen) atoms. The molecule has 124 valence electrons. The van der Waals surface area contributed by atoms with Crippen LogP contribution in [0.1, 0.15) is 17.5 Å². The Hall–Kier alpha value is -2.89. The number of nitrogens with one attached hydrogen (secondary N) is 1. The summed E-state index contributed by atoms with van der Waals surface area (Å²) in [6.45, 7) is 3.37. The topological polar surface area (TPSA) is 75.5 Å². The Morgan fingerprint density at radius 2 is 2.08 bits per heavy atom. The first-order valence-electron chi connectivity index (χ1n) is 7.92. The van der Waals surface area contributed by atoms with Gasteiger partial charge in [-0.15, -0.1) is 0 Å². The monoisotopic (exact) mass is 325 g/mol. The second kappa shape index (κ2) is 6.70. The Morgan fingerprint density at radius 1 is 1.29 bits per heavy atom. The quantitative estimate of drug-likeness (QED) is 0.676. The van der Waals surface area contributed by atoms with E-state index in [0.717, 1.165) is 18.5 Å². The van der Waals surface area contributed by atoms with Crippen LogP contribution in [0.2, 0.25) is 0 Å². The van der Waals surface area contributed by atoms with Crippen LogP contribution < -0.4 is 10.2 Å². The molecule has 1 N–H and O–H groups in total. The van der Waals surface area contributed by atoms with Crippen molar-refractivity contribution in [3.05, 3.63) is 63.7 Å². The number of carbonyl (C=O) groups is 1. The van der Waals surface area contributed by atoms with Gasteiger partial charge in [-0.2, -0.15) is 0 Å². The number of carbonyl (C=O) groups excluding carboxylic acids is 1. The minimum Gasteiger partial charge on any atom is -0.370 e. The van der Waals surface area contributed by atoms with Crippen molar-refractivity contribution >= 4 is 23.0 Å². The van der Waals surface area contributed by atoms with Gasteiger partial charge in [0.1, 0.15) is 0 Å². The number of amides is 1. The van der Waals surface area contributed by atoms with Crippen molar-refractivity contribution in [2.75, 3.05) is 23.3 Å². The Labute approximate surface area is 140 Å². The van der Waals surface area contributed by atoms with Crippen LogP contribution in [-0.4, -0.2) is 23.9 Å². The zero-order valence-electron chi connectivity index (χ0n) is 13.5. The number of nitro benzene ring substituents is 1. The molecule has 0 aromatic heterocycles. The van der Waals surface area contributed by atoms with Gasteiger partial charge in [0.25, 0.3) is 5.69 Å². The molecule has 0 spiro atoms. The number of benzene rings is 2. The summed E-state index contributed by atoms with van der Waals surface area (Å²) in [6, 6.07) is 12.7. The molecular formula is C18H19N3O3. The number of rotatable bonds is 5. The lowest BCUT2D eigenvalue weighted by Gasteiger charge is -2.19. The fraction of sp³-hybridized carbons (Fsp3) is 0.278. The molecule has 0 aliphatic carbocycles. The molecule has 1 heterocycles. The van der Waals surface area contributed by atoms with Crippen LogP contribution in [0.5, 0.6) is 0 Å². The summed E-state index contributed by atoms with van der Waals surface area (Å²) >= 11 is 0. The third kappa shape index (κ3) is 3.37. The summed E-state index contributed by atoms with van der Waals surface area (Å²) in [5.41, 5.74) is 3.78. The molecule has 0 saturated carbocycles. The maximum Gasteiger partial charge on any atom is 0.271 e. The van der Waals surface area contributed by atoms with Crippen molar-refractivity contribution in [3.8, 4) is 0 Å². The van der Waals surface area contributed by atoms with Crippen molar-refractivity contribution in [1.29, 1.82) is 0 Å². The number of para-hydroxylation sites is 1. The van der Waals surface area contributed by atoms with Crippen LogP contribution in [0.15, 0.2) is 42.5 Å². The lowest BCUT2D eigenvalue weighted by molar-refractivity contribution is -0.384. The van der Waals surface area contributed by atoms with Crippen LogP contribution in [0.3, 0.4) is 0 Å². The molecule has 0 fully saturated rings. The van der Waals surface area contributed by atoms with E-state index in [2.05, 4.69) is 22.3 Å². The zero-order chi connectivity index (χ0) is 17.1. The maximum atomic E-state index is 12.2. The normalized spacial score (nSPS) is 12.8. The average molecular weight is 325 g/mol. The molecule has 1 amide bonds. The van der Waals surface area contributed by atoms with Crippen molar-refractivity contribution < 1.29 is 9.72 Å². The van der Waals surface area contributed by atoms with E-state index in [4.69, 9.17) is 0 Å². The fourth-order valence-electron chi connectivity index (χ4n) is 2.95. The summed E-state index contributed by atoms with van der Waals surface area (Å²) in [5.74, 6) is -0.136. The Balaban J connectivity index is 1.61. The number of hydrogen-bond acceptors (Lipinski definition) is 4. The van der Waals surface area contributed by atoms with Gasteiger partial charge in [-0.3, -0.25) is 14.9 Å². The first kappa shape index (κ1) is 16.0. The van der Waals surface area contributed by atoms with Gasteiger partial charge < -0.3 is 10.2 Å². The number of nitrogens with zero attached hydrogens (tertiary/aromatic N) is 2. The van der Waals surface area contributed by atoms with E-state index >= 15 is 0 Å². The molecule has 0 atom stereocenters. The molecule has 0 bridgehead atoms. The molecule has 2 aromatic carbocycles. The van der Waals surface area contributed by atoms with Gasteiger partial charge >= 0.3 is 0 Å². The minimum atomic E-state index is -0.462. The highest BCUT2D eigenvalue weighted by Crippen LogP contribution is 2.27. The summed E-state index contributed by atoms with van der Waals surface area (Å²) in [5, 5.41) is 13.6. The van der Waals surface area contributed by atoms with Crippen LogP contribution in [0, 0.1) is 17.0 Å². The lowest BCUT2D eigenvalue weighted by atomic mass is 10.1. The lowest BCUT2D eigenvalue weighted by Crippen LogP contribution is -2.26. The number of nitro groups is 1. The van der Waals surface area contributed by atoms with Crippen molar-refractivity contribution in [3.63, 3.8) is 0 Å². The summed E-state index contributed by atoms with van der Waals surface area (Å²) in [7, 11) is 0. The molecule has 1 aliphatic rings. The smallest absolute Gasteiger partial charge is 0.271 e. The first-order valence-corrected chi connectivity index (χ1v) is 7.92. The zero-order valence-corrected chi connectivity index (χ0v) is 13.5. The second-order valence-corrected chi connectivity index (χ2v) is 5.92. The highest BCUT2D eigenvalue weighted by atomic mass is 16.6. The van der Waals surface area contributed by atoms with Crippen LogP contribution in [-0.2, 0) is 11.2 Å². The number of hydrogen-bond donors (Lipinski definition) is 1. The van der Waals surface area contributed by atoms with Crippen LogP contribution in [0.25, 0.3) is 0 Å². The molecular weight excluding hydrogens is 306 g/mol. The number of aryl methyl sites for hydroxylation is 1. The van der Waals surface area contributed by atoms with Gasteiger partial charge in [0.2, 0.25) is 5.91 Å². The largest absolute Gasteiger partial charge is 0.370 e. The third-order valence-electron chi connectivity index (χ3n) is 4.30. The number of anilines is 2. The predicted octanol–water partition coefficient (Wildman–Crippen LogP) is 3.29. The number of fused-ring (bicyclic) bond motifs is 1. The fourth-order valence-corrected chi connectivity index (χ4v) is 2.95. The van der Waals surface area contributed by atoms with Gasteiger partial charge in [0.05, 0.1) is 10.6 Å². The van der Waals surface area contributed by atoms with E-state index in [1.807, 2.05) is 19.1 Å². The summed E-state index contributed by atoms with van der Waals surface area (Å²) in [6.07, 6.45) is 1.35. The van der Waals surface area contributed by atoms with Gasteiger partial charge in [-0.1, -0.05) is 24.3 Å². The third-order valence-corrected chi connectivity index (χ3v) is 4.30. The van der Waals surface area contributed by atoms with Gasteiger partial charge in [0, 0.05) is 37.3 Å². The summed E-state index contributed by atoms with van der Waals surface area (Å²) in [4.78, 5) is 24.8. The van der Waals surface area contributed by atoms with E-state index in [-0.39, 0.29) is 11.6 Å². The van der Waals surface area contributed by atoms with Gasteiger partial charge in [0.15, 0.2) is 0 Å². The van der Waals surface area contributed by atoms with Gasteiger partial charge in [-0.25, -0.2) is 0 Å². The highest BCUT2D eigenvalue weighted by molar-refractivity contribution is 5.92. The summed E-state index contributed by atoms with van der Waals surface area (Å²) < 4.78 is 0. The van der Waals surface area contributed by atoms with Crippen molar-refractivity contribution in [1.82, 2.24) is 0 Å². The minimum absolute atomic E-state index is 0.0237. The average Bonchev–Trinajstić information content (AvgIpc) is 2.98. The van der Waals surface area contributed by atoms with E-state index in [1.165, 1.54) is 23.4 Å².